The molecule has 0 aliphatic heterocycles. The van der Waals surface area contributed by atoms with Crippen LogP contribution in [0.5, 0.6) is 0 Å². The first-order valence-corrected chi connectivity index (χ1v) is 22.0. The molecule has 1 aliphatic carbocycles. The van der Waals surface area contributed by atoms with Crippen LogP contribution in [0.1, 0.15) is 22.3 Å². The van der Waals surface area contributed by atoms with Crippen molar-refractivity contribution in [3.8, 4) is 27.9 Å². The number of rotatable bonds is 7. The number of anilines is 3. The number of furan rings is 1. The molecule has 0 fully saturated rings. The fourth-order valence-electron chi connectivity index (χ4n) is 10.8. The molecular formula is C61H40N2O. The van der Waals surface area contributed by atoms with Crippen molar-refractivity contribution in [3.05, 3.63) is 265 Å². The Morgan fingerprint density at radius 1 is 0.375 bits per heavy atom. The Kier molecular flexibility index (Phi) is 8.13. The lowest BCUT2D eigenvalue weighted by Gasteiger charge is -2.35. The van der Waals surface area contributed by atoms with Crippen LogP contribution in [-0.4, -0.2) is 4.57 Å². The highest BCUT2D eigenvalue weighted by molar-refractivity contribution is 6.14. The molecule has 0 radical (unpaired) electrons. The highest BCUT2D eigenvalue weighted by Gasteiger charge is 2.46. The zero-order chi connectivity index (χ0) is 42.2. The molecule has 300 valence electrons. The van der Waals surface area contributed by atoms with Crippen molar-refractivity contribution in [2.75, 3.05) is 4.90 Å². The smallest absolute Gasteiger partial charge is 0.137 e. The van der Waals surface area contributed by atoms with Gasteiger partial charge in [0.2, 0.25) is 0 Å². The lowest BCUT2D eigenvalue weighted by molar-refractivity contribution is 0.669. The Morgan fingerprint density at radius 3 is 1.75 bits per heavy atom. The summed E-state index contributed by atoms with van der Waals surface area (Å²) in [6.45, 7) is 0. The van der Waals surface area contributed by atoms with Crippen molar-refractivity contribution in [1.82, 2.24) is 4.57 Å². The van der Waals surface area contributed by atoms with E-state index in [0.29, 0.717) is 0 Å². The molecule has 3 nitrogen and oxygen atoms in total. The molecule has 0 saturated carbocycles. The zero-order valence-corrected chi connectivity index (χ0v) is 34.9. The van der Waals surface area contributed by atoms with Gasteiger partial charge in [0.15, 0.2) is 0 Å². The summed E-state index contributed by atoms with van der Waals surface area (Å²) in [5, 5.41) is 4.66. The Labute approximate surface area is 371 Å². The number of hydrogen-bond acceptors (Lipinski definition) is 2. The molecule has 0 bridgehead atoms. The van der Waals surface area contributed by atoms with Gasteiger partial charge in [-0.05, 0) is 117 Å². The van der Waals surface area contributed by atoms with Crippen LogP contribution in [0, 0.1) is 0 Å². The summed E-state index contributed by atoms with van der Waals surface area (Å²) in [4.78, 5) is 2.43. The van der Waals surface area contributed by atoms with Crippen molar-refractivity contribution in [3.63, 3.8) is 0 Å². The molecule has 0 atom stereocenters. The fraction of sp³-hybridized carbons (Fsp3) is 0.0164. The van der Waals surface area contributed by atoms with E-state index in [2.05, 4.69) is 246 Å². The molecule has 2 heterocycles. The van der Waals surface area contributed by atoms with E-state index in [9.17, 15) is 0 Å². The molecule has 0 saturated heterocycles. The van der Waals surface area contributed by atoms with Crippen molar-refractivity contribution >= 4 is 60.8 Å². The molecule has 3 heteroatoms. The van der Waals surface area contributed by atoms with Gasteiger partial charge in [-0.15, -0.1) is 0 Å². The molecule has 0 N–H and O–H groups in total. The lowest BCUT2D eigenvalue weighted by Crippen LogP contribution is -2.28. The Hall–Kier alpha value is -8.40. The van der Waals surface area contributed by atoms with Gasteiger partial charge in [0.25, 0.3) is 0 Å². The van der Waals surface area contributed by atoms with Gasteiger partial charge in [-0.3, -0.25) is 0 Å². The van der Waals surface area contributed by atoms with Crippen LogP contribution in [-0.2, 0) is 5.41 Å². The average Bonchev–Trinajstić information content (AvgIpc) is 4.02. The van der Waals surface area contributed by atoms with Crippen molar-refractivity contribution in [1.29, 1.82) is 0 Å². The summed E-state index contributed by atoms with van der Waals surface area (Å²) in [7, 11) is 0. The van der Waals surface area contributed by atoms with E-state index in [1.54, 1.807) is 0 Å². The highest BCUT2D eigenvalue weighted by atomic mass is 16.3. The summed E-state index contributed by atoms with van der Waals surface area (Å²) in [6, 6.07) is 88.3. The Balaban J connectivity index is 1.01. The maximum atomic E-state index is 6.52. The topological polar surface area (TPSA) is 21.3 Å². The molecule has 2 aromatic heterocycles. The predicted octanol–water partition coefficient (Wildman–Crippen LogP) is 16.2. The molecule has 10 aromatic carbocycles. The first kappa shape index (κ1) is 36.3. The molecule has 12 aromatic rings. The lowest BCUT2D eigenvalue weighted by atomic mass is 9.67. The van der Waals surface area contributed by atoms with E-state index in [0.717, 1.165) is 50.3 Å². The summed E-state index contributed by atoms with van der Waals surface area (Å²) in [5.41, 5.74) is 17.8. The molecule has 0 amide bonds. The SMILES string of the molecule is c1ccc(-n2c3ccccc3c3cc(-c4ccc(N(c5ccc6c(c5)C(c5ccccc5)(c5ccccc5)c5ccccc5-6)c5cccc6oc7ccccc7c56)cc4)ccc32)cc1. The van der Waals surface area contributed by atoms with Crippen LogP contribution in [0.2, 0.25) is 0 Å². The van der Waals surface area contributed by atoms with E-state index in [1.807, 2.05) is 6.07 Å². The number of benzene rings is 10. The van der Waals surface area contributed by atoms with E-state index < -0.39 is 5.41 Å². The summed E-state index contributed by atoms with van der Waals surface area (Å²) in [5.74, 6) is 0. The maximum Gasteiger partial charge on any atom is 0.137 e. The molecule has 0 spiro atoms. The highest BCUT2D eigenvalue weighted by Crippen LogP contribution is 2.57. The Bertz CT molecular complexity index is 3680. The summed E-state index contributed by atoms with van der Waals surface area (Å²) in [6.07, 6.45) is 0. The molecular weight excluding hydrogens is 777 g/mol. The van der Waals surface area contributed by atoms with Gasteiger partial charge < -0.3 is 13.9 Å². The van der Waals surface area contributed by atoms with Crippen molar-refractivity contribution < 1.29 is 4.42 Å². The van der Waals surface area contributed by atoms with Crippen LogP contribution < -0.4 is 4.90 Å². The van der Waals surface area contributed by atoms with Gasteiger partial charge in [-0.2, -0.15) is 0 Å². The third kappa shape index (κ3) is 5.34. The van der Waals surface area contributed by atoms with Gasteiger partial charge >= 0.3 is 0 Å². The van der Waals surface area contributed by atoms with Gasteiger partial charge in [0.05, 0.1) is 27.5 Å². The van der Waals surface area contributed by atoms with Crippen LogP contribution in [0.25, 0.3) is 71.7 Å². The zero-order valence-electron chi connectivity index (χ0n) is 34.9. The number of aromatic nitrogens is 1. The normalized spacial score (nSPS) is 12.8. The largest absolute Gasteiger partial charge is 0.456 e. The van der Waals surface area contributed by atoms with E-state index >= 15 is 0 Å². The molecule has 13 rings (SSSR count). The summed E-state index contributed by atoms with van der Waals surface area (Å²) < 4.78 is 8.89. The van der Waals surface area contributed by atoms with Gasteiger partial charge in [-0.1, -0.05) is 170 Å². The van der Waals surface area contributed by atoms with E-state index in [4.69, 9.17) is 4.42 Å². The second-order valence-corrected chi connectivity index (χ2v) is 16.8. The molecule has 1 aliphatic rings. The number of para-hydroxylation sites is 3. The predicted molar refractivity (Wildman–Crippen MR) is 265 cm³/mol. The van der Waals surface area contributed by atoms with Gasteiger partial charge in [0.1, 0.15) is 11.2 Å². The number of hydrogen-bond donors (Lipinski definition) is 0. The third-order valence-electron chi connectivity index (χ3n) is 13.5. The average molecular weight is 817 g/mol. The van der Waals surface area contributed by atoms with Crippen LogP contribution in [0.3, 0.4) is 0 Å². The van der Waals surface area contributed by atoms with E-state index in [1.165, 1.54) is 60.8 Å². The van der Waals surface area contributed by atoms with Crippen molar-refractivity contribution in [2.24, 2.45) is 0 Å². The standard InChI is InChI=1S/C61H40N2O/c1-4-17-43(18-5-1)61(44-19-6-2-7-20-44)53-26-13-10-23-48(53)49-37-36-47(40-54(49)61)62(57-28-16-30-59-60(57)51-25-12-15-29-58(51)64-59)46-34-31-41(32-35-46)42-33-38-56-52(39-42)50-24-11-14-27-55(50)63(56)45-21-8-3-9-22-45/h1-40H. The van der Waals surface area contributed by atoms with Crippen molar-refractivity contribution in [2.45, 2.75) is 5.41 Å². The second kappa shape index (κ2) is 14.3. The molecule has 0 unspecified atom stereocenters. The number of nitrogens with zero attached hydrogens (tertiary/aromatic N) is 2. The van der Waals surface area contributed by atoms with Crippen LogP contribution >= 0.6 is 0 Å². The van der Waals surface area contributed by atoms with Crippen LogP contribution in [0.4, 0.5) is 17.1 Å². The molecule has 64 heavy (non-hydrogen) atoms. The second-order valence-electron chi connectivity index (χ2n) is 16.8. The minimum absolute atomic E-state index is 0.531. The van der Waals surface area contributed by atoms with Crippen LogP contribution in [0.15, 0.2) is 247 Å². The maximum absolute atomic E-state index is 6.52. The van der Waals surface area contributed by atoms with Gasteiger partial charge in [0, 0.05) is 33.2 Å². The van der Waals surface area contributed by atoms with E-state index in [-0.39, 0.29) is 0 Å². The Morgan fingerprint density at radius 2 is 0.969 bits per heavy atom. The quantitative estimate of drug-likeness (QED) is 0.160. The first-order valence-electron chi connectivity index (χ1n) is 22.0. The van der Waals surface area contributed by atoms with Gasteiger partial charge in [-0.25, -0.2) is 0 Å². The summed E-state index contributed by atoms with van der Waals surface area (Å²) >= 11 is 0. The monoisotopic (exact) mass is 816 g/mol. The third-order valence-corrected chi connectivity index (χ3v) is 13.5. The fourth-order valence-corrected chi connectivity index (χ4v) is 10.8. The first-order chi connectivity index (χ1) is 31.8. The minimum Gasteiger partial charge on any atom is -0.456 e. The number of fused-ring (bicyclic) bond motifs is 9. The minimum atomic E-state index is -0.531.